The molecule has 0 saturated heterocycles. The van der Waals surface area contributed by atoms with Crippen molar-refractivity contribution >= 4 is 28.8 Å². The zero-order valence-electron chi connectivity index (χ0n) is 15.3. The normalized spacial score (nSPS) is 11.7. The summed E-state index contributed by atoms with van der Waals surface area (Å²) in [5.41, 5.74) is 1.40. The zero-order chi connectivity index (χ0) is 20.1. The van der Waals surface area contributed by atoms with Crippen LogP contribution in [0.4, 0.5) is 5.69 Å². The third-order valence-corrected chi connectivity index (χ3v) is 4.89. The number of amides is 2. The van der Waals surface area contributed by atoms with Crippen LogP contribution in [0.25, 0.3) is 0 Å². The van der Waals surface area contributed by atoms with Gasteiger partial charge in [0.2, 0.25) is 6.79 Å². The summed E-state index contributed by atoms with van der Waals surface area (Å²) in [5.74, 6) is 1.42. The molecule has 2 aromatic carbocycles. The standard InChI is InChI=1S/C21H18N2O5S/c24-20(14-7-10-29-12-14)23-17-4-2-1-3-16(17)21(25)22-8-9-26-15-5-6-18-19(11-15)28-13-27-18/h1-7,10-12H,8-9,13H2,(H,22,25)(H,23,24). The molecule has 0 spiro atoms. The van der Waals surface area contributed by atoms with Gasteiger partial charge in [-0.25, -0.2) is 0 Å². The Bertz CT molecular complexity index is 1020. The van der Waals surface area contributed by atoms with Crippen molar-refractivity contribution in [2.45, 2.75) is 0 Å². The van der Waals surface area contributed by atoms with Crippen LogP contribution in [0, 0.1) is 0 Å². The average molecular weight is 410 g/mol. The number of anilines is 1. The molecule has 1 aromatic heterocycles. The van der Waals surface area contributed by atoms with Gasteiger partial charge < -0.3 is 24.8 Å². The second kappa shape index (κ2) is 8.66. The molecule has 0 atom stereocenters. The number of para-hydroxylation sites is 1. The lowest BCUT2D eigenvalue weighted by molar-refractivity contribution is 0.0948. The quantitative estimate of drug-likeness (QED) is 0.582. The molecule has 148 valence electrons. The lowest BCUT2D eigenvalue weighted by atomic mass is 10.1. The van der Waals surface area contributed by atoms with Gasteiger partial charge in [0.25, 0.3) is 11.8 Å². The number of benzene rings is 2. The first-order valence-electron chi connectivity index (χ1n) is 8.94. The van der Waals surface area contributed by atoms with Crippen molar-refractivity contribution in [3.8, 4) is 17.2 Å². The van der Waals surface area contributed by atoms with Crippen LogP contribution in [-0.2, 0) is 0 Å². The van der Waals surface area contributed by atoms with E-state index >= 15 is 0 Å². The lowest BCUT2D eigenvalue weighted by Crippen LogP contribution is -2.29. The van der Waals surface area contributed by atoms with Gasteiger partial charge >= 0.3 is 0 Å². The number of ether oxygens (including phenoxy) is 3. The summed E-state index contributed by atoms with van der Waals surface area (Å²) in [7, 11) is 0. The van der Waals surface area contributed by atoms with E-state index in [0.717, 1.165) is 0 Å². The SMILES string of the molecule is O=C(Nc1ccccc1C(=O)NCCOc1ccc2c(c1)OCO2)c1ccsc1. The summed E-state index contributed by atoms with van der Waals surface area (Å²) in [6.45, 7) is 0.798. The summed E-state index contributed by atoms with van der Waals surface area (Å²) >= 11 is 1.44. The highest BCUT2D eigenvalue weighted by Gasteiger charge is 2.15. The molecule has 2 N–H and O–H groups in total. The monoisotopic (exact) mass is 410 g/mol. The minimum absolute atomic E-state index is 0.206. The van der Waals surface area contributed by atoms with Gasteiger partial charge in [-0.1, -0.05) is 12.1 Å². The summed E-state index contributed by atoms with van der Waals surface area (Å²) in [4.78, 5) is 24.8. The number of carbonyl (C=O) groups is 2. The van der Waals surface area contributed by atoms with Crippen molar-refractivity contribution in [2.75, 3.05) is 25.3 Å². The van der Waals surface area contributed by atoms with Crippen LogP contribution in [-0.4, -0.2) is 31.8 Å². The fourth-order valence-corrected chi connectivity index (χ4v) is 3.41. The van der Waals surface area contributed by atoms with Crippen molar-refractivity contribution in [2.24, 2.45) is 0 Å². The molecule has 0 unspecified atom stereocenters. The van der Waals surface area contributed by atoms with Gasteiger partial charge in [-0.15, -0.1) is 0 Å². The Morgan fingerprint density at radius 1 is 1.03 bits per heavy atom. The smallest absolute Gasteiger partial charge is 0.256 e. The number of thiophene rings is 1. The highest BCUT2D eigenvalue weighted by Crippen LogP contribution is 2.35. The van der Waals surface area contributed by atoms with Crippen LogP contribution in [0.3, 0.4) is 0 Å². The van der Waals surface area contributed by atoms with Gasteiger partial charge in [-0.3, -0.25) is 9.59 Å². The topological polar surface area (TPSA) is 85.9 Å². The molecule has 0 saturated carbocycles. The van der Waals surface area contributed by atoms with Gasteiger partial charge in [0.05, 0.1) is 23.4 Å². The Hall–Kier alpha value is -3.52. The molecule has 2 amide bonds. The van der Waals surface area contributed by atoms with Crippen molar-refractivity contribution in [1.29, 1.82) is 0 Å². The molecule has 1 aliphatic rings. The number of hydrogen-bond acceptors (Lipinski definition) is 6. The molecule has 0 fully saturated rings. The molecule has 0 bridgehead atoms. The molecule has 0 aliphatic carbocycles. The van der Waals surface area contributed by atoms with E-state index in [1.165, 1.54) is 11.3 Å². The van der Waals surface area contributed by atoms with Crippen LogP contribution in [0.1, 0.15) is 20.7 Å². The van der Waals surface area contributed by atoms with E-state index in [9.17, 15) is 9.59 Å². The maximum absolute atomic E-state index is 12.5. The summed E-state index contributed by atoms with van der Waals surface area (Å²) in [5, 5.41) is 9.17. The van der Waals surface area contributed by atoms with E-state index in [1.54, 1.807) is 53.9 Å². The van der Waals surface area contributed by atoms with Gasteiger partial charge in [0.1, 0.15) is 12.4 Å². The fraction of sp³-hybridized carbons (Fsp3) is 0.143. The zero-order valence-corrected chi connectivity index (χ0v) is 16.2. The number of fused-ring (bicyclic) bond motifs is 1. The number of hydrogen-bond donors (Lipinski definition) is 2. The van der Waals surface area contributed by atoms with E-state index in [4.69, 9.17) is 14.2 Å². The van der Waals surface area contributed by atoms with Crippen LogP contribution in [0.15, 0.2) is 59.3 Å². The highest BCUT2D eigenvalue weighted by atomic mass is 32.1. The summed E-state index contributed by atoms with van der Waals surface area (Å²) in [6.07, 6.45) is 0. The molecule has 1 aliphatic heterocycles. The van der Waals surface area contributed by atoms with E-state index in [-0.39, 0.29) is 25.2 Å². The molecule has 2 heterocycles. The predicted octanol–water partition coefficient (Wildman–Crippen LogP) is 3.54. The molecule has 8 heteroatoms. The Kier molecular flexibility index (Phi) is 5.62. The first kappa shape index (κ1) is 18.8. The largest absolute Gasteiger partial charge is 0.492 e. The van der Waals surface area contributed by atoms with E-state index < -0.39 is 0 Å². The Labute approximate surface area is 171 Å². The Morgan fingerprint density at radius 2 is 1.90 bits per heavy atom. The van der Waals surface area contributed by atoms with Gasteiger partial charge in [0.15, 0.2) is 11.5 Å². The van der Waals surface area contributed by atoms with Crippen molar-refractivity contribution in [3.63, 3.8) is 0 Å². The fourth-order valence-electron chi connectivity index (χ4n) is 2.77. The maximum Gasteiger partial charge on any atom is 0.256 e. The summed E-state index contributed by atoms with van der Waals surface area (Å²) in [6, 6.07) is 13.9. The van der Waals surface area contributed by atoms with Crippen molar-refractivity contribution in [1.82, 2.24) is 5.32 Å². The number of nitrogens with one attached hydrogen (secondary N) is 2. The number of rotatable bonds is 7. The molecule has 7 nitrogen and oxygen atoms in total. The number of carbonyl (C=O) groups excluding carboxylic acids is 2. The van der Waals surface area contributed by atoms with E-state index in [0.29, 0.717) is 40.6 Å². The predicted molar refractivity (Wildman–Crippen MR) is 109 cm³/mol. The van der Waals surface area contributed by atoms with E-state index in [1.807, 2.05) is 5.38 Å². The van der Waals surface area contributed by atoms with Gasteiger partial charge in [-0.05, 0) is 35.7 Å². The molecular formula is C21H18N2O5S. The average Bonchev–Trinajstić information content (AvgIpc) is 3.43. The third kappa shape index (κ3) is 4.49. The minimum atomic E-state index is -0.291. The molecule has 0 radical (unpaired) electrons. The third-order valence-electron chi connectivity index (χ3n) is 4.20. The van der Waals surface area contributed by atoms with Crippen LogP contribution in [0.2, 0.25) is 0 Å². The second-order valence-electron chi connectivity index (χ2n) is 6.13. The molecular weight excluding hydrogens is 392 g/mol. The highest BCUT2D eigenvalue weighted by molar-refractivity contribution is 7.08. The minimum Gasteiger partial charge on any atom is -0.492 e. The van der Waals surface area contributed by atoms with Crippen LogP contribution < -0.4 is 24.8 Å². The maximum atomic E-state index is 12.5. The Morgan fingerprint density at radius 3 is 2.76 bits per heavy atom. The van der Waals surface area contributed by atoms with Crippen LogP contribution >= 0.6 is 11.3 Å². The lowest BCUT2D eigenvalue weighted by Gasteiger charge is -2.12. The summed E-state index contributed by atoms with van der Waals surface area (Å²) < 4.78 is 16.2. The molecule has 29 heavy (non-hydrogen) atoms. The first-order valence-corrected chi connectivity index (χ1v) is 9.88. The molecule has 3 aromatic rings. The van der Waals surface area contributed by atoms with Gasteiger partial charge in [0, 0.05) is 11.4 Å². The van der Waals surface area contributed by atoms with Crippen molar-refractivity contribution in [3.05, 3.63) is 70.4 Å². The second-order valence-corrected chi connectivity index (χ2v) is 6.91. The first-order chi connectivity index (χ1) is 14.2. The molecule has 4 rings (SSSR count). The van der Waals surface area contributed by atoms with Crippen molar-refractivity contribution < 1.29 is 23.8 Å². The van der Waals surface area contributed by atoms with E-state index in [2.05, 4.69) is 10.6 Å². The van der Waals surface area contributed by atoms with Gasteiger partial charge in [-0.2, -0.15) is 11.3 Å². The Balaban J connectivity index is 1.31. The van der Waals surface area contributed by atoms with Crippen LogP contribution in [0.5, 0.6) is 17.2 Å².